The fourth-order valence-corrected chi connectivity index (χ4v) is 2.15. The van der Waals surface area contributed by atoms with Crippen LogP contribution in [0.25, 0.3) is 0 Å². The van der Waals surface area contributed by atoms with E-state index in [4.69, 9.17) is 52.3 Å². The maximum absolute atomic E-state index is 8.74. The van der Waals surface area contributed by atoms with Crippen molar-refractivity contribution in [2.45, 2.75) is 6.42 Å². The minimum atomic E-state index is -4.67. The summed E-state index contributed by atoms with van der Waals surface area (Å²) in [4.78, 5) is 4.29. The first-order valence-electron chi connectivity index (χ1n) is 5.28. The van der Waals surface area contributed by atoms with E-state index < -0.39 is 10.4 Å². The number of aliphatic imine (C=N–C) groups is 1. The smallest absolute Gasteiger partial charge is 0.372 e. The van der Waals surface area contributed by atoms with Gasteiger partial charge in [-0.1, -0.05) is 34.8 Å². The van der Waals surface area contributed by atoms with E-state index in [1.165, 1.54) is 0 Å². The Balaban J connectivity index is 0.000000347. The van der Waals surface area contributed by atoms with Crippen LogP contribution in [0, 0.1) is 0 Å². The second-order valence-electron chi connectivity index (χ2n) is 3.70. The molecule has 0 aliphatic carbocycles. The van der Waals surface area contributed by atoms with Crippen LogP contribution in [-0.4, -0.2) is 36.4 Å². The summed E-state index contributed by atoms with van der Waals surface area (Å²) in [6.07, 6.45) is 0.609. The largest absolute Gasteiger partial charge is 0.394 e. The fourth-order valence-electron chi connectivity index (χ4n) is 1.46. The molecule has 6 nitrogen and oxygen atoms in total. The molecule has 10 heteroatoms. The summed E-state index contributed by atoms with van der Waals surface area (Å²) in [5.74, 6) is 0.918. The van der Waals surface area contributed by atoms with Gasteiger partial charge in [-0.25, -0.2) is 0 Å². The van der Waals surface area contributed by atoms with Gasteiger partial charge in [-0.2, -0.15) is 8.42 Å². The molecule has 0 radical (unpaired) electrons. The number of nitrogens with one attached hydrogen (secondary N) is 1. The number of rotatable bonds is 2. The van der Waals surface area contributed by atoms with Gasteiger partial charge in [0.15, 0.2) is 0 Å². The molecule has 0 amide bonds. The topological polar surface area (TPSA) is 99.0 Å². The predicted octanol–water partition coefficient (Wildman–Crippen LogP) is 2.54. The molecule has 0 fully saturated rings. The molecule has 0 saturated carbocycles. The lowest BCUT2D eigenvalue weighted by Gasteiger charge is -2.08. The summed E-state index contributed by atoms with van der Waals surface area (Å²) in [6, 6.07) is 3.44. The van der Waals surface area contributed by atoms with Gasteiger partial charge in [-0.05, 0) is 17.7 Å². The molecule has 1 heterocycles. The summed E-state index contributed by atoms with van der Waals surface area (Å²) < 4.78 is 31.6. The van der Waals surface area contributed by atoms with Crippen LogP contribution in [0.2, 0.25) is 15.1 Å². The molecule has 20 heavy (non-hydrogen) atoms. The van der Waals surface area contributed by atoms with Crippen molar-refractivity contribution >= 4 is 51.0 Å². The Morgan fingerprint density at radius 3 is 2.25 bits per heavy atom. The number of hydrogen-bond donors (Lipinski definition) is 3. The first-order chi connectivity index (χ1) is 9.18. The average molecular weight is 362 g/mol. The standard InChI is InChI=1S/C10H9Cl3N2.H2O4S/c11-7-1-2-8(12)10(13)6(7)5-9-14-3-4-15-9;1-5(2,3)4/h1-2H,3-5H2,(H,14,15);(H2,1,2,3,4). The molecule has 2 rings (SSSR count). The average Bonchev–Trinajstić information content (AvgIpc) is 2.80. The number of nitrogens with zero attached hydrogens (tertiary/aromatic N) is 1. The van der Waals surface area contributed by atoms with Crippen molar-refractivity contribution in [3.8, 4) is 0 Å². The van der Waals surface area contributed by atoms with Crippen molar-refractivity contribution in [2.24, 2.45) is 4.99 Å². The van der Waals surface area contributed by atoms with Crippen molar-refractivity contribution in [1.82, 2.24) is 5.32 Å². The first kappa shape index (κ1) is 17.5. The Kier molecular flexibility index (Phi) is 6.50. The second-order valence-corrected chi connectivity index (χ2v) is 5.79. The van der Waals surface area contributed by atoms with E-state index in [9.17, 15) is 0 Å². The van der Waals surface area contributed by atoms with E-state index in [1.807, 2.05) is 0 Å². The molecule has 0 bridgehead atoms. The highest BCUT2D eigenvalue weighted by molar-refractivity contribution is 7.79. The molecule has 0 atom stereocenters. The van der Waals surface area contributed by atoms with Gasteiger partial charge in [-0.3, -0.25) is 14.1 Å². The quantitative estimate of drug-likeness (QED) is 0.555. The zero-order valence-electron chi connectivity index (χ0n) is 9.98. The molecule has 0 spiro atoms. The van der Waals surface area contributed by atoms with E-state index in [2.05, 4.69) is 10.3 Å². The summed E-state index contributed by atoms with van der Waals surface area (Å²) in [5.41, 5.74) is 0.832. The van der Waals surface area contributed by atoms with Gasteiger partial charge < -0.3 is 5.32 Å². The van der Waals surface area contributed by atoms with Crippen LogP contribution in [0.4, 0.5) is 0 Å². The number of benzene rings is 1. The molecule has 1 aliphatic rings. The van der Waals surface area contributed by atoms with Crippen molar-refractivity contribution in [2.75, 3.05) is 13.1 Å². The second kappa shape index (κ2) is 7.44. The van der Waals surface area contributed by atoms with Gasteiger partial charge in [-0.15, -0.1) is 0 Å². The molecule has 3 N–H and O–H groups in total. The van der Waals surface area contributed by atoms with Crippen LogP contribution in [0.5, 0.6) is 0 Å². The summed E-state index contributed by atoms with van der Waals surface area (Å²) in [7, 11) is -4.67. The predicted molar refractivity (Wildman–Crippen MR) is 79.7 cm³/mol. The van der Waals surface area contributed by atoms with Crippen molar-refractivity contribution < 1.29 is 17.5 Å². The third-order valence-corrected chi connectivity index (χ3v) is 3.42. The molecule has 1 aromatic rings. The van der Waals surface area contributed by atoms with E-state index in [1.54, 1.807) is 12.1 Å². The minimum Gasteiger partial charge on any atom is -0.372 e. The third-order valence-electron chi connectivity index (χ3n) is 2.23. The molecule has 0 saturated heterocycles. The monoisotopic (exact) mass is 360 g/mol. The lowest BCUT2D eigenvalue weighted by molar-refractivity contribution is 0.381. The Morgan fingerprint density at radius 2 is 1.75 bits per heavy atom. The van der Waals surface area contributed by atoms with Crippen LogP contribution < -0.4 is 5.32 Å². The lowest BCUT2D eigenvalue weighted by Crippen LogP contribution is -2.20. The van der Waals surface area contributed by atoms with Crippen molar-refractivity contribution in [3.63, 3.8) is 0 Å². The van der Waals surface area contributed by atoms with Crippen LogP contribution in [-0.2, 0) is 16.8 Å². The number of hydrogen-bond acceptors (Lipinski definition) is 4. The van der Waals surface area contributed by atoms with E-state index in [0.717, 1.165) is 24.5 Å². The van der Waals surface area contributed by atoms with E-state index >= 15 is 0 Å². The highest BCUT2D eigenvalue weighted by Gasteiger charge is 2.13. The molecule has 1 aliphatic heterocycles. The summed E-state index contributed by atoms with van der Waals surface area (Å²) in [6.45, 7) is 1.69. The van der Waals surface area contributed by atoms with Crippen molar-refractivity contribution in [3.05, 3.63) is 32.8 Å². The Hall–Kier alpha value is -0.570. The molecule has 0 aromatic heterocycles. The number of halogens is 3. The number of amidine groups is 1. The van der Waals surface area contributed by atoms with Crippen LogP contribution in [0.3, 0.4) is 0 Å². The highest BCUT2D eigenvalue weighted by atomic mass is 35.5. The molecule has 1 aromatic carbocycles. The maximum atomic E-state index is 8.74. The Labute approximate surface area is 131 Å². The zero-order chi connectivity index (χ0) is 15.3. The van der Waals surface area contributed by atoms with Gasteiger partial charge in [0.2, 0.25) is 0 Å². The Morgan fingerprint density at radius 1 is 1.20 bits per heavy atom. The summed E-state index contributed by atoms with van der Waals surface area (Å²) >= 11 is 18.1. The van der Waals surface area contributed by atoms with Gasteiger partial charge in [0.05, 0.1) is 16.6 Å². The lowest BCUT2D eigenvalue weighted by atomic mass is 10.1. The van der Waals surface area contributed by atoms with Crippen LogP contribution in [0.15, 0.2) is 17.1 Å². The molecule has 112 valence electrons. The molecule has 0 unspecified atom stereocenters. The van der Waals surface area contributed by atoms with Crippen molar-refractivity contribution in [1.29, 1.82) is 0 Å². The minimum absolute atomic E-state index is 0.514. The van der Waals surface area contributed by atoms with Gasteiger partial charge in [0.1, 0.15) is 5.84 Å². The molecular formula is C10H11Cl3N2O4S. The maximum Gasteiger partial charge on any atom is 0.394 e. The van der Waals surface area contributed by atoms with Gasteiger partial charge in [0, 0.05) is 18.0 Å². The third kappa shape index (κ3) is 6.25. The fraction of sp³-hybridized carbons (Fsp3) is 0.300. The SMILES string of the molecule is Clc1ccc(Cl)c(CC2=NCCN2)c1Cl.O=S(=O)(O)O. The molecular weight excluding hydrogens is 351 g/mol. The van der Waals surface area contributed by atoms with E-state index in [-0.39, 0.29) is 0 Å². The normalized spacial score (nSPS) is 14.2. The zero-order valence-corrected chi connectivity index (χ0v) is 13.1. The van der Waals surface area contributed by atoms with Gasteiger partial charge >= 0.3 is 10.4 Å². The van der Waals surface area contributed by atoms with Crippen LogP contribution in [0.1, 0.15) is 5.56 Å². The summed E-state index contributed by atoms with van der Waals surface area (Å²) in [5, 5.41) is 4.83. The van der Waals surface area contributed by atoms with E-state index in [0.29, 0.717) is 21.5 Å². The highest BCUT2D eigenvalue weighted by Crippen LogP contribution is 2.31. The Bertz CT molecular complexity index is 611. The van der Waals surface area contributed by atoms with Gasteiger partial charge in [0.25, 0.3) is 0 Å². The first-order valence-corrected chi connectivity index (χ1v) is 7.81. The van der Waals surface area contributed by atoms with Crippen LogP contribution >= 0.6 is 34.8 Å².